The van der Waals surface area contributed by atoms with Crippen molar-refractivity contribution in [2.75, 3.05) is 6.54 Å². The standard InChI is InChI=1S/C16H22FNO2/c1-11-6-7-13(10-15(11)17)16(20)18-8-4-3-5-14(18)9-12(2)19/h6-7,10,12,14,19H,3-5,8-9H2,1-2H3. The number of piperidine rings is 1. The molecule has 0 spiro atoms. The molecule has 2 atom stereocenters. The molecule has 110 valence electrons. The van der Waals surface area contributed by atoms with Crippen molar-refractivity contribution in [1.29, 1.82) is 0 Å². The van der Waals surface area contributed by atoms with Crippen LogP contribution in [0.1, 0.15) is 48.5 Å². The van der Waals surface area contributed by atoms with Gasteiger partial charge in [-0.3, -0.25) is 4.79 Å². The Hall–Kier alpha value is -1.42. The molecular weight excluding hydrogens is 257 g/mol. The third kappa shape index (κ3) is 3.37. The summed E-state index contributed by atoms with van der Waals surface area (Å²) in [5.41, 5.74) is 0.936. The lowest BCUT2D eigenvalue weighted by atomic mass is 9.96. The van der Waals surface area contributed by atoms with Crippen LogP contribution in [0.25, 0.3) is 0 Å². The van der Waals surface area contributed by atoms with E-state index in [-0.39, 0.29) is 17.8 Å². The lowest BCUT2D eigenvalue weighted by Crippen LogP contribution is -2.45. The number of carbonyl (C=O) groups excluding carboxylic acids is 1. The molecule has 1 fully saturated rings. The maximum absolute atomic E-state index is 13.6. The van der Waals surface area contributed by atoms with E-state index in [1.165, 1.54) is 6.07 Å². The molecule has 2 unspecified atom stereocenters. The number of aliphatic hydroxyl groups is 1. The molecular formula is C16H22FNO2. The van der Waals surface area contributed by atoms with E-state index in [4.69, 9.17) is 0 Å². The van der Waals surface area contributed by atoms with E-state index >= 15 is 0 Å². The molecule has 0 saturated carbocycles. The SMILES string of the molecule is Cc1ccc(C(=O)N2CCCCC2CC(C)O)cc1F. The van der Waals surface area contributed by atoms with Crippen LogP contribution in [0.4, 0.5) is 4.39 Å². The van der Waals surface area contributed by atoms with Crippen LogP contribution in [0, 0.1) is 12.7 Å². The van der Waals surface area contributed by atoms with Crippen molar-refractivity contribution in [3.63, 3.8) is 0 Å². The predicted molar refractivity (Wildman–Crippen MR) is 76.1 cm³/mol. The number of halogens is 1. The molecule has 2 rings (SSSR count). The van der Waals surface area contributed by atoms with Gasteiger partial charge in [-0.1, -0.05) is 6.07 Å². The minimum absolute atomic E-state index is 0.0561. The Morgan fingerprint density at radius 1 is 1.50 bits per heavy atom. The number of hydrogen-bond donors (Lipinski definition) is 1. The molecule has 1 aromatic carbocycles. The van der Waals surface area contributed by atoms with Crippen molar-refractivity contribution in [3.05, 3.63) is 35.1 Å². The molecule has 1 saturated heterocycles. The van der Waals surface area contributed by atoms with Gasteiger partial charge in [-0.25, -0.2) is 4.39 Å². The Balaban J connectivity index is 2.18. The van der Waals surface area contributed by atoms with Gasteiger partial charge in [-0.2, -0.15) is 0 Å². The van der Waals surface area contributed by atoms with Crippen molar-refractivity contribution < 1.29 is 14.3 Å². The molecule has 20 heavy (non-hydrogen) atoms. The van der Waals surface area contributed by atoms with Crippen molar-refractivity contribution in [1.82, 2.24) is 4.90 Å². The van der Waals surface area contributed by atoms with Crippen LogP contribution in [0.15, 0.2) is 18.2 Å². The highest BCUT2D eigenvalue weighted by atomic mass is 19.1. The van der Waals surface area contributed by atoms with Crippen molar-refractivity contribution in [2.24, 2.45) is 0 Å². The summed E-state index contributed by atoms with van der Waals surface area (Å²) in [6.45, 7) is 4.11. The fourth-order valence-electron chi connectivity index (χ4n) is 2.80. The Bertz CT molecular complexity index is 487. The van der Waals surface area contributed by atoms with Crippen LogP contribution in [-0.2, 0) is 0 Å². The fraction of sp³-hybridized carbons (Fsp3) is 0.562. The predicted octanol–water partition coefficient (Wildman–Crippen LogP) is 2.90. The summed E-state index contributed by atoms with van der Waals surface area (Å²) < 4.78 is 13.6. The molecule has 0 bridgehead atoms. The number of aryl methyl sites for hydroxylation is 1. The topological polar surface area (TPSA) is 40.5 Å². The molecule has 1 aromatic rings. The molecule has 3 nitrogen and oxygen atoms in total. The van der Waals surface area contributed by atoms with Gasteiger partial charge in [0.05, 0.1) is 6.10 Å². The second-order valence-corrected chi connectivity index (χ2v) is 5.70. The highest BCUT2D eigenvalue weighted by Crippen LogP contribution is 2.23. The summed E-state index contributed by atoms with van der Waals surface area (Å²) in [7, 11) is 0. The zero-order valence-electron chi connectivity index (χ0n) is 12.1. The first-order valence-corrected chi connectivity index (χ1v) is 7.24. The van der Waals surface area contributed by atoms with E-state index < -0.39 is 6.10 Å². The lowest BCUT2D eigenvalue weighted by Gasteiger charge is -2.36. The number of amides is 1. The van der Waals surface area contributed by atoms with E-state index in [0.29, 0.717) is 24.1 Å². The highest BCUT2D eigenvalue weighted by molar-refractivity contribution is 5.94. The largest absolute Gasteiger partial charge is 0.393 e. The van der Waals surface area contributed by atoms with E-state index in [9.17, 15) is 14.3 Å². The molecule has 1 aliphatic rings. The number of aliphatic hydroxyl groups excluding tert-OH is 1. The van der Waals surface area contributed by atoms with E-state index in [1.807, 2.05) is 0 Å². The van der Waals surface area contributed by atoms with Gasteiger partial charge in [0.2, 0.25) is 0 Å². The van der Waals surface area contributed by atoms with Gasteiger partial charge in [0, 0.05) is 18.2 Å². The molecule has 0 radical (unpaired) electrons. The summed E-state index contributed by atoms with van der Waals surface area (Å²) in [6, 6.07) is 4.68. The van der Waals surface area contributed by atoms with Gasteiger partial charge < -0.3 is 10.0 Å². The number of rotatable bonds is 3. The van der Waals surface area contributed by atoms with Gasteiger partial charge in [0.1, 0.15) is 5.82 Å². The maximum atomic E-state index is 13.6. The van der Waals surface area contributed by atoms with Crippen molar-refractivity contribution in [3.8, 4) is 0 Å². The Morgan fingerprint density at radius 2 is 2.25 bits per heavy atom. The first-order chi connectivity index (χ1) is 9.49. The van der Waals surface area contributed by atoms with Crippen LogP contribution in [0.5, 0.6) is 0 Å². The van der Waals surface area contributed by atoms with Crippen molar-refractivity contribution in [2.45, 2.75) is 51.7 Å². The van der Waals surface area contributed by atoms with Gasteiger partial charge in [-0.15, -0.1) is 0 Å². The molecule has 1 N–H and O–H groups in total. The monoisotopic (exact) mass is 279 g/mol. The Labute approximate surface area is 119 Å². The van der Waals surface area contributed by atoms with Gasteiger partial charge in [0.25, 0.3) is 5.91 Å². The number of likely N-dealkylation sites (tertiary alicyclic amines) is 1. The molecule has 0 aliphatic carbocycles. The molecule has 1 aliphatic heterocycles. The fourth-order valence-corrected chi connectivity index (χ4v) is 2.80. The van der Waals surface area contributed by atoms with E-state index in [0.717, 1.165) is 19.3 Å². The number of benzene rings is 1. The average Bonchev–Trinajstić information content (AvgIpc) is 2.41. The number of carbonyl (C=O) groups is 1. The van der Waals surface area contributed by atoms with Crippen LogP contribution < -0.4 is 0 Å². The highest BCUT2D eigenvalue weighted by Gasteiger charge is 2.28. The quantitative estimate of drug-likeness (QED) is 0.924. The second-order valence-electron chi connectivity index (χ2n) is 5.70. The van der Waals surface area contributed by atoms with Crippen molar-refractivity contribution >= 4 is 5.91 Å². The van der Waals surface area contributed by atoms with Crippen LogP contribution >= 0.6 is 0 Å². The third-order valence-corrected chi connectivity index (χ3v) is 3.92. The molecule has 1 amide bonds. The van der Waals surface area contributed by atoms with Crippen LogP contribution in [-0.4, -0.2) is 34.6 Å². The molecule has 4 heteroatoms. The summed E-state index contributed by atoms with van der Waals surface area (Å²) >= 11 is 0. The van der Waals surface area contributed by atoms with Gasteiger partial charge >= 0.3 is 0 Å². The Morgan fingerprint density at radius 3 is 2.90 bits per heavy atom. The first kappa shape index (κ1) is 15.0. The average molecular weight is 279 g/mol. The Kier molecular flexibility index (Phi) is 4.76. The summed E-state index contributed by atoms with van der Waals surface area (Å²) in [5, 5.41) is 9.56. The smallest absolute Gasteiger partial charge is 0.254 e. The zero-order chi connectivity index (χ0) is 14.7. The lowest BCUT2D eigenvalue weighted by molar-refractivity contribution is 0.0514. The number of nitrogens with zero attached hydrogens (tertiary/aromatic N) is 1. The van der Waals surface area contributed by atoms with E-state index in [1.54, 1.807) is 30.9 Å². The van der Waals surface area contributed by atoms with Gasteiger partial charge in [-0.05, 0) is 57.2 Å². The minimum atomic E-state index is -0.428. The zero-order valence-corrected chi connectivity index (χ0v) is 12.1. The summed E-state index contributed by atoms with van der Waals surface area (Å²) in [6.07, 6.45) is 3.10. The molecule has 1 heterocycles. The van der Waals surface area contributed by atoms with E-state index in [2.05, 4.69) is 0 Å². The number of hydrogen-bond acceptors (Lipinski definition) is 2. The second kappa shape index (κ2) is 6.35. The first-order valence-electron chi connectivity index (χ1n) is 7.24. The maximum Gasteiger partial charge on any atom is 0.254 e. The summed E-state index contributed by atoms with van der Waals surface area (Å²) in [5.74, 6) is -0.478. The summed E-state index contributed by atoms with van der Waals surface area (Å²) in [4.78, 5) is 14.3. The minimum Gasteiger partial charge on any atom is -0.393 e. The normalized spacial score (nSPS) is 20.8. The van der Waals surface area contributed by atoms with Crippen LogP contribution in [0.2, 0.25) is 0 Å². The third-order valence-electron chi connectivity index (χ3n) is 3.92. The van der Waals surface area contributed by atoms with Crippen LogP contribution in [0.3, 0.4) is 0 Å². The molecule has 0 aromatic heterocycles. The van der Waals surface area contributed by atoms with Gasteiger partial charge in [0.15, 0.2) is 0 Å².